The van der Waals surface area contributed by atoms with Crippen LogP contribution in [0.2, 0.25) is 0 Å². The van der Waals surface area contributed by atoms with Gasteiger partial charge in [-0.2, -0.15) is 0 Å². The molecule has 1 aliphatic rings. The topological polar surface area (TPSA) is 68.3 Å². The summed E-state index contributed by atoms with van der Waals surface area (Å²) in [5.74, 6) is 1.95. The number of benzene rings is 2. The number of carbonyl (C=O) groups is 2. The summed E-state index contributed by atoms with van der Waals surface area (Å²) >= 11 is 0. The van der Waals surface area contributed by atoms with Crippen LogP contribution < -0.4 is 14.2 Å². The van der Waals surface area contributed by atoms with E-state index in [0.29, 0.717) is 55.6 Å². The first kappa shape index (κ1) is 24.2. The van der Waals surface area contributed by atoms with E-state index in [2.05, 4.69) is 6.92 Å². The van der Waals surface area contributed by atoms with Gasteiger partial charge in [-0.25, -0.2) is 0 Å². The molecule has 0 saturated carbocycles. The van der Waals surface area contributed by atoms with Crippen LogP contribution in [0.3, 0.4) is 0 Å². The molecule has 2 aromatic rings. The quantitative estimate of drug-likeness (QED) is 0.427. The van der Waals surface area contributed by atoms with Crippen LogP contribution in [-0.4, -0.2) is 68.6 Å². The molecule has 3 rings (SSSR count). The van der Waals surface area contributed by atoms with Crippen LogP contribution in [0.15, 0.2) is 48.5 Å². The van der Waals surface area contributed by atoms with E-state index in [0.717, 1.165) is 18.4 Å². The number of nitrogens with zero attached hydrogens (tertiary/aromatic N) is 2. The molecule has 0 spiro atoms. The predicted octanol–water partition coefficient (Wildman–Crippen LogP) is 3.88. The van der Waals surface area contributed by atoms with Crippen LogP contribution in [0.5, 0.6) is 17.2 Å². The molecule has 1 fully saturated rings. The zero-order valence-corrected chi connectivity index (χ0v) is 19.6. The molecule has 0 N–H and O–H groups in total. The molecule has 2 amide bonds. The highest BCUT2D eigenvalue weighted by atomic mass is 16.5. The summed E-state index contributed by atoms with van der Waals surface area (Å²) in [5.41, 5.74) is 1.47. The minimum Gasteiger partial charge on any atom is -0.497 e. The zero-order chi connectivity index (χ0) is 23.6. The lowest BCUT2D eigenvalue weighted by atomic mass is 10.1. The van der Waals surface area contributed by atoms with Gasteiger partial charge in [-0.1, -0.05) is 19.4 Å². The molecule has 0 aromatic heterocycles. The van der Waals surface area contributed by atoms with Crippen molar-refractivity contribution in [3.63, 3.8) is 0 Å². The second kappa shape index (κ2) is 11.9. The van der Waals surface area contributed by atoms with Crippen molar-refractivity contribution in [3.05, 3.63) is 59.7 Å². The molecule has 0 unspecified atom stereocenters. The average molecular weight is 453 g/mol. The highest BCUT2D eigenvalue weighted by Crippen LogP contribution is 2.28. The maximum atomic E-state index is 12.7. The third-order valence-corrected chi connectivity index (χ3v) is 5.58. The number of methoxy groups -OCH3 is 2. The maximum absolute atomic E-state index is 12.7. The molecule has 7 nitrogen and oxygen atoms in total. The zero-order valence-electron chi connectivity index (χ0n) is 19.6. The smallest absolute Gasteiger partial charge is 0.253 e. The van der Waals surface area contributed by atoms with Gasteiger partial charge in [0.15, 0.2) is 11.5 Å². The van der Waals surface area contributed by atoms with Gasteiger partial charge in [0.05, 0.1) is 20.8 Å². The molecule has 1 heterocycles. The van der Waals surface area contributed by atoms with Crippen molar-refractivity contribution in [1.29, 1.82) is 0 Å². The summed E-state index contributed by atoms with van der Waals surface area (Å²) in [6.07, 6.45) is 5.39. The number of ether oxygens (including phenoxy) is 3. The van der Waals surface area contributed by atoms with Gasteiger partial charge in [-0.05, 0) is 54.5 Å². The molecule has 2 aromatic carbocycles. The third kappa shape index (κ3) is 6.51. The number of hydrogen-bond donors (Lipinski definition) is 0. The van der Waals surface area contributed by atoms with Crippen LogP contribution in [0.1, 0.15) is 35.7 Å². The fourth-order valence-electron chi connectivity index (χ4n) is 3.55. The Hall–Kier alpha value is -3.48. The molecule has 1 saturated heterocycles. The molecule has 0 radical (unpaired) electrons. The SMILES string of the molecule is CCCCOc1ccc(C=CC(=O)N2CCN(C(=O)c3ccc(OC)cc3)CC2)cc1OC. The second-order valence-electron chi connectivity index (χ2n) is 7.79. The molecule has 33 heavy (non-hydrogen) atoms. The summed E-state index contributed by atoms with van der Waals surface area (Å²) in [7, 11) is 3.20. The molecule has 176 valence electrons. The van der Waals surface area contributed by atoms with Gasteiger partial charge in [0.25, 0.3) is 5.91 Å². The normalized spacial score (nSPS) is 13.8. The largest absolute Gasteiger partial charge is 0.497 e. The highest BCUT2D eigenvalue weighted by molar-refractivity contribution is 5.95. The summed E-state index contributed by atoms with van der Waals surface area (Å²) in [4.78, 5) is 28.9. The van der Waals surface area contributed by atoms with Crippen molar-refractivity contribution >= 4 is 17.9 Å². The van der Waals surface area contributed by atoms with Crippen molar-refractivity contribution in [3.8, 4) is 17.2 Å². The average Bonchev–Trinajstić information content (AvgIpc) is 2.87. The standard InChI is InChI=1S/C26H32N2O5/c1-4-5-18-33-23-12-6-20(19-24(23)32-3)7-13-25(29)27-14-16-28(17-15-27)26(30)21-8-10-22(31-2)11-9-21/h6-13,19H,4-5,14-18H2,1-3H3. The molecular formula is C26H32N2O5. The van der Waals surface area contributed by atoms with E-state index in [1.165, 1.54) is 0 Å². The Morgan fingerprint density at radius 3 is 2.24 bits per heavy atom. The third-order valence-electron chi connectivity index (χ3n) is 5.58. The van der Waals surface area contributed by atoms with E-state index in [4.69, 9.17) is 14.2 Å². The van der Waals surface area contributed by atoms with Crippen LogP contribution in [0, 0.1) is 0 Å². The fourth-order valence-corrected chi connectivity index (χ4v) is 3.55. The Morgan fingerprint density at radius 2 is 1.61 bits per heavy atom. The first-order valence-corrected chi connectivity index (χ1v) is 11.3. The maximum Gasteiger partial charge on any atom is 0.253 e. The fraction of sp³-hybridized carbons (Fsp3) is 0.385. The van der Waals surface area contributed by atoms with E-state index in [-0.39, 0.29) is 11.8 Å². The Labute approximate surface area is 195 Å². The van der Waals surface area contributed by atoms with Gasteiger partial charge in [0.2, 0.25) is 5.91 Å². The van der Waals surface area contributed by atoms with Gasteiger partial charge >= 0.3 is 0 Å². The van der Waals surface area contributed by atoms with Gasteiger partial charge in [0, 0.05) is 37.8 Å². The van der Waals surface area contributed by atoms with Crippen molar-refractivity contribution in [2.75, 3.05) is 47.0 Å². The Kier molecular flexibility index (Phi) is 8.75. The van der Waals surface area contributed by atoms with Crippen LogP contribution in [-0.2, 0) is 4.79 Å². The summed E-state index contributed by atoms with van der Waals surface area (Å²) in [5, 5.41) is 0. The summed E-state index contributed by atoms with van der Waals surface area (Å²) in [6, 6.07) is 12.7. The van der Waals surface area contributed by atoms with Gasteiger partial charge in [-0.15, -0.1) is 0 Å². The lowest BCUT2D eigenvalue weighted by Gasteiger charge is -2.34. The van der Waals surface area contributed by atoms with Gasteiger partial charge in [-0.3, -0.25) is 9.59 Å². The van der Waals surface area contributed by atoms with Crippen LogP contribution in [0.4, 0.5) is 0 Å². The minimum absolute atomic E-state index is 0.0337. The monoisotopic (exact) mass is 452 g/mol. The van der Waals surface area contributed by atoms with E-state index >= 15 is 0 Å². The summed E-state index contributed by atoms with van der Waals surface area (Å²) < 4.78 is 16.3. The van der Waals surface area contributed by atoms with Crippen molar-refractivity contribution in [1.82, 2.24) is 9.80 Å². The molecule has 0 bridgehead atoms. The first-order valence-electron chi connectivity index (χ1n) is 11.3. The number of unbranched alkanes of at least 4 members (excludes halogenated alkanes) is 1. The highest BCUT2D eigenvalue weighted by Gasteiger charge is 2.24. The number of rotatable bonds is 9. The number of carbonyl (C=O) groups excluding carboxylic acids is 2. The van der Waals surface area contributed by atoms with Crippen LogP contribution >= 0.6 is 0 Å². The lowest BCUT2D eigenvalue weighted by Crippen LogP contribution is -2.50. The minimum atomic E-state index is -0.0752. The summed E-state index contributed by atoms with van der Waals surface area (Å²) in [6.45, 7) is 4.76. The predicted molar refractivity (Wildman–Crippen MR) is 128 cm³/mol. The van der Waals surface area contributed by atoms with Gasteiger partial charge < -0.3 is 24.0 Å². The van der Waals surface area contributed by atoms with Crippen molar-refractivity contribution in [2.24, 2.45) is 0 Å². The number of hydrogen-bond acceptors (Lipinski definition) is 5. The number of piperazine rings is 1. The van der Waals surface area contributed by atoms with E-state index in [1.807, 2.05) is 18.2 Å². The van der Waals surface area contributed by atoms with Gasteiger partial charge in [0.1, 0.15) is 5.75 Å². The Bertz CT molecular complexity index is 963. The second-order valence-corrected chi connectivity index (χ2v) is 7.79. The van der Waals surface area contributed by atoms with E-state index in [9.17, 15) is 9.59 Å². The van der Waals surface area contributed by atoms with Crippen LogP contribution in [0.25, 0.3) is 6.08 Å². The van der Waals surface area contributed by atoms with Crippen molar-refractivity contribution in [2.45, 2.75) is 19.8 Å². The molecule has 0 atom stereocenters. The Morgan fingerprint density at radius 1 is 0.909 bits per heavy atom. The Balaban J connectivity index is 1.53. The first-order chi connectivity index (χ1) is 16.0. The molecular weight excluding hydrogens is 420 g/mol. The lowest BCUT2D eigenvalue weighted by molar-refractivity contribution is -0.127. The molecule has 1 aliphatic heterocycles. The number of amides is 2. The molecule has 7 heteroatoms. The van der Waals surface area contributed by atoms with E-state index < -0.39 is 0 Å². The van der Waals surface area contributed by atoms with E-state index in [1.54, 1.807) is 60.4 Å². The van der Waals surface area contributed by atoms with Crippen molar-refractivity contribution < 1.29 is 23.8 Å². The molecule has 0 aliphatic carbocycles.